The van der Waals surface area contributed by atoms with E-state index in [1.807, 2.05) is 12.1 Å². The molecule has 0 N–H and O–H groups in total. The van der Waals surface area contributed by atoms with Gasteiger partial charge in [-0.25, -0.2) is 9.97 Å². The number of hydrogen-bond acceptors (Lipinski definition) is 3. The van der Waals surface area contributed by atoms with Crippen molar-refractivity contribution in [3.8, 4) is 56.2 Å². The van der Waals surface area contributed by atoms with Gasteiger partial charge in [0.1, 0.15) is 11.2 Å². The Morgan fingerprint density at radius 3 is 1.67 bits per heavy atom. The lowest BCUT2D eigenvalue weighted by Gasteiger charge is -2.14. The number of rotatable bonds is 5. The van der Waals surface area contributed by atoms with E-state index in [2.05, 4.69) is 170 Å². The maximum absolute atomic E-state index is 6.18. The van der Waals surface area contributed by atoms with Gasteiger partial charge in [0.2, 0.25) is 0 Å². The summed E-state index contributed by atoms with van der Waals surface area (Å²) in [5.74, 6) is 0.699. The fourth-order valence-electron chi connectivity index (χ4n) is 7.37. The van der Waals surface area contributed by atoms with Crippen LogP contribution in [0.3, 0.4) is 0 Å². The van der Waals surface area contributed by atoms with E-state index in [1.54, 1.807) is 0 Å². The molecule has 0 fully saturated rings. The van der Waals surface area contributed by atoms with Crippen LogP contribution >= 0.6 is 0 Å². The second-order valence-corrected chi connectivity index (χ2v) is 13.0. The van der Waals surface area contributed by atoms with E-state index in [1.165, 1.54) is 5.39 Å². The van der Waals surface area contributed by atoms with Gasteiger partial charge in [-0.1, -0.05) is 140 Å². The van der Waals surface area contributed by atoms with Gasteiger partial charge in [-0.15, -0.1) is 0 Å². The Labute approximate surface area is 295 Å². The standard InChI is InChI=1S/C48H30N2O/c1-2-12-31(13-3-1)35-26-36(34-24-25-47-43(29-34)41-20-8-9-23-46(41)51-47)28-37(27-35)44-30-45(40-21-10-16-32-14-4-6-18-38(32)40)50-48(49-44)42-22-11-17-33-15-5-7-19-39(33)42/h1-30H. The first-order chi connectivity index (χ1) is 25.2. The van der Waals surface area contributed by atoms with Gasteiger partial charge in [-0.05, 0) is 86.3 Å². The average molecular weight is 651 g/mol. The van der Waals surface area contributed by atoms with E-state index in [-0.39, 0.29) is 0 Å². The van der Waals surface area contributed by atoms with Crippen molar-refractivity contribution in [3.05, 3.63) is 182 Å². The summed E-state index contributed by atoms with van der Waals surface area (Å²) in [7, 11) is 0. The predicted molar refractivity (Wildman–Crippen MR) is 212 cm³/mol. The van der Waals surface area contributed by atoms with Gasteiger partial charge in [0, 0.05) is 27.5 Å². The predicted octanol–water partition coefficient (Wildman–Crippen LogP) is 13.0. The van der Waals surface area contributed by atoms with E-state index in [0.717, 1.165) is 88.4 Å². The lowest BCUT2D eigenvalue weighted by atomic mass is 9.93. The molecule has 0 aliphatic carbocycles. The Hall–Kier alpha value is -6.84. The zero-order valence-electron chi connectivity index (χ0n) is 27.6. The molecule has 8 aromatic carbocycles. The number of furan rings is 1. The number of aromatic nitrogens is 2. The highest BCUT2D eigenvalue weighted by molar-refractivity contribution is 6.06. The molecule has 0 saturated carbocycles. The molecule has 10 aromatic rings. The van der Waals surface area contributed by atoms with Crippen molar-refractivity contribution in [2.24, 2.45) is 0 Å². The molecule has 3 nitrogen and oxygen atoms in total. The van der Waals surface area contributed by atoms with Crippen LogP contribution in [0.25, 0.3) is 99.6 Å². The molecule has 2 aromatic heterocycles. The Morgan fingerprint density at radius 2 is 0.882 bits per heavy atom. The highest BCUT2D eigenvalue weighted by Crippen LogP contribution is 2.38. The molecule has 238 valence electrons. The van der Waals surface area contributed by atoms with Crippen LogP contribution in [0, 0.1) is 0 Å². The van der Waals surface area contributed by atoms with Crippen molar-refractivity contribution in [2.45, 2.75) is 0 Å². The number of para-hydroxylation sites is 1. The van der Waals surface area contributed by atoms with Crippen LogP contribution in [-0.4, -0.2) is 9.97 Å². The zero-order valence-corrected chi connectivity index (χ0v) is 27.6. The topological polar surface area (TPSA) is 38.9 Å². The van der Waals surface area contributed by atoms with Crippen LogP contribution in [0.15, 0.2) is 186 Å². The van der Waals surface area contributed by atoms with Crippen LogP contribution in [0.4, 0.5) is 0 Å². The Kier molecular flexibility index (Phi) is 6.81. The van der Waals surface area contributed by atoms with Crippen LogP contribution < -0.4 is 0 Å². The second-order valence-electron chi connectivity index (χ2n) is 13.0. The monoisotopic (exact) mass is 650 g/mol. The first-order valence-electron chi connectivity index (χ1n) is 17.2. The summed E-state index contributed by atoms with van der Waals surface area (Å²) in [6, 6.07) is 64.0. The fraction of sp³-hybridized carbons (Fsp3) is 0. The average Bonchev–Trinajstić information content (AvgIpc) is 3.58. The molecular formula is C48H30N2O. The highest BCUT2D eigenvalue weighted by Gasteiger charge is 2.17. The summed E-state index contributed by atoms with van der Waals surface area (Å²) >= 11 is 0. The first kappa shape index (κ1) is 29.1. The van der Waals surface area contributed by atoms with Crippen LogP contribution in [0.1, 0.15) is 0 Å². The summed E-state index contributed by atoms with van der Waals surface area (Å²) in [6.45, 7) is 0. The first-order valence-corrected chi connectivity index (χ1v) is 17.2. The summed E-state index contributed by atoms with van der Waals surface area (Å²) in [4.78, 5) is 10.7. The highest BCUT2D eigenvalue weighted by atomic mass is 16.3. The smallest absolute Gasteiger partial charge is 0.161 e. The molecule has 0 atom stereocenters. The third-order valence-electron chi connectivity index (χ3n) is 9.87. The number of hydrogen-bond donors (Lipinski definition) is 0. The Bertz CT molecular complexity index is 2810. The third kappa shape index (κ3) is 5.15. The number of benzene rings is 8. The molecule has 3 heteroatoms. The second kappa shape index (κ2) is 11.9. The third-order valence-corrected chi connectivity index (χ3v) is 9.87. The molecular weight excluding hydrogens is 621 g/mol. The van der Waals surface area contributed by atoms with Crippen molar-refractivity contribution < 1.29 is 4.42 Å². The lowest BCUT2D eigenvalue weighted by molar-refractivity contribution is 0.669. The van der Waals surface area contributed by atoms with Gasteiger partial charge in [-0.3, -0.25) is 0 Å². The van der Waals surface area contributed by atoms with E-state index in [4.69, 9.17) is 14.4 Å². The molecule has 0 bridgehead atoms. The maximum atomic E-state index is 6.18. The quantitative estimate of drug-likeness (QED) is 0.186. The van der Waals surface area contributed by atoms with Crippen LogP contribution in [0.2, 0.25) is 0 Å². The van der Waals surface area contributed by atoms with Crippen molar-refractivity contribution in [1.82, 2.24) is 9.97 Å². The molecule has 0 spiro atoms. The van der Waals surface area contributed by atoms with Crippen molar-refractivity contribution in [3.63, 3.8) is 0 Å². The van der Waals surface area contributed by atoms with Crippen molar-refractivity contribution >= 4 is 43.5 Å². The zero-order chi connectivity index (χ0) is 33.7. The van der Waals surface area contributed by atoms with Crippen molar-refractivity contribution in [1.29, 1.82) is 0 Å². The van der Waals surface area contributed by atoms with E-state index in [0.29, 0.717) is 5.82 Å². The molecule has 0 saturated heterocycles. The SMILES string of the molecule is c1ccc(-c2cc(-c3ccc4oc5ccccc5c4c3)cc(-c3cc(-c4cccc5ccccc45)nc(-c4cccc5ccccc45)n3)c2)cc1. The van der Waals surface area contributed by atoms with Gasteiger partial charge in [-0.2, -0.15) is 0 Å². The molecule has 2 heterocycles. The molecule has 0 radical (unpaired) electrons. The number of fused-ring (bicyclic) bond motifs is 5. The Morgan fingerprint density at radius 1 is 0.314 bits per heavy atom. The lowest BCUT2D eigenvalue weighted by Crippen LogP contribution is -1.97. The van der Waals surface area contributed by atoms with Crippen LogP contribution in [-0.2, 0) is 0 Å². The largest absolute Gasteiger partial charge is 0.456 e. The van der Waals surface area contributed by atoms with E-state index < -0.39 is 0 Å². The van der Waals surface area contributed by atoms with Gasteiger partial charge in [0.15, 0.2) is 5.82 Å². The molecule has 10 rings (SSSR count). The molecule has 51 heavy (non-hydrogen) atoms. The normalized spacial score (nSPS) is 11.5. The van der Waals surface area contributed by atoms with E-state index >= 15 is 0 Å². The minimum atomic E-state index is 0.699. The fourth-order valence-corrected chi connectivity index (χ4v) is 7.37. The number of nitrogens with zero attached hydrogens (tertiary/aromatic N) is 2. The van der Waals surface area contributed by atoms with Gasteiger partial charge < -0.3 is 4.42 Å². The van der Waals surface area contributed by atoms with Gasteiger partial charge >= 0.3 is 0 Å². The van der Waals surface area contributed by atoms with Crippen molar-refractivity contribution in [2.75, 3.05) is 0 Å². The van der Waals surface area contributed by atoms with Crippen LogP contribution in [0.5, 0.6) is 0 Å². The molecule has 0 unspecified atom stereocenters. The molecule has 0 aliphatic rings. The molecule has 0 aliphatic heterocycles. The minimum absolute atomic E-state index is 0.699. The maximum Gasteiger partial charge on any atom is 0.161 e. The van der Waals surface area contributed by atoms with E-state index in [9.17, 15) is 0 Å². The summed E-state index contributed by atoms with van der Waals surface area (Å²) in [5, 5.41) is 6.84. The van der Waals surface area contributed by atoms with Gasteiger partial charge in [0.25, 0.3) is 0 Å². The minimum Gasteiger partial charge on any atom is -0.456 e. The molecule has 0 amide bonds. The summed E-state index contributed by atoms with van der Waals surface area (Å²) in [5.41, 5.74) is 11.1. The van der Waals surface area contributed by atoms with Gasteiger partial charge in [0.05, 0.1) is 11.4 Å². The summed E-state index contributed by atoms with van der Waals surface area (Å²) < 4.78 is 6.18. The Balaban J connectivity index is 1.23. The summed E-state index contributed by atoms with van der Waals surface area (Å²) in [6.07, 6.45) is 0.